The van der Waals surface area contributed by atoms with Crippen LogP contribution in [0.5, 0.6) is 5.75 Å². The van der Waals surface area contributed by atoms with Crippen molar-refractivity contribution in [2.24, 2.45) is 5.92 Å². The Morgan fingerprint density at radius 1 is 1.44 bits per heavy atom. The van der Waals surface area contributed by atoms with Crippen LogP contribution in [-0.2, 0) is 20.7 Å². The number of ether oxygens (including phenoxy) is 3. The zero-order valence-electron chi connectivity index (χ0n) is 10.6. The summed E-state index contributed by atoms with van der Waals surface area (Å²) in [7, 11) is 1.39. The van der Waals surface area contributed by atoms with Gasteiger partial charge in [-0.15, -0.1) is 0 Å². The van der Waals surface area contributed by atoms with E-state index in [2.05, 4.69) is 4.74 Å². The lowest BCUT2D eigenvalue weighted by Gasteiger charge is -2.13. The predicted molar refractivity (Wildman–Crippen MR) is 66.6 cm³/mol. The highest BCUT2D eigenvalue weighted by Crippen LogP contribution is 2.21. The average Bonchev–Trinajstić information content (AvgIpc) is 2.91. The summed E-state index contributed by atoms with van der Waals surface area (Å²) in [6.45, 7) is 2.22. The highest BCUT2D eigenvalue weighted by molar-refractivity contribution is 5.73. The van der Waals surface area contributed by atoms with Crippen molar-refractivity contribution in [2.75, 3.05) is 26.9 Å². The van der Waals surface area contributed by atoms with Gasteiger partial charge in [0.1, 0.15) is 5.75 Å². The van der Waals surface area contributed by atoms with Crippen LogP contribution in [0.15, 0.2) is 24.3 Å². The molecule has 1 fully saturated rings. The molecular formula is C14H18O4. The zero-order valence-corrected chi connectivity index (χ0v) is 10.6. The van der Waals surface area contributed by atoms with Crippen molar-refractivity contribution in [3.8, 4) is 5.75 Å². The van der Waals surface area contributed by atoms with Gasteiger partial charge in [-0.1, -0.05) is 18.2 Å². The molecule has 1 heterocycles. The summed E-state index contributed by atoms with van der Waals surface area (Å²) in [5.74, 6) is 0.959. The maximum atomic E-state index is 11.3. The molecule has 1 saturated heterocycles. The average molecular weight is 250 g/mol. The van der Waals surface area contributed by atoms with Gasteiger partial charge in [-0.2, -0.15) is 0 Å². The van der Waals surface area contributed by atoms with E-state index in [1.165, 1.54) is 7.11 Å². The first-order valence-electron chi connectivity index (χ1n) is 6.15. The maximum absolute atomic E-state index is 11.3. The van der Waals surface area contributed by atoms with Crippen LogP contribution < -0.4 is 4.74 Å². The number of benzene rings is 1. The number of rotatable bonds is 5. The molecule has 4 heteroatoms. The minimum atomic E-state index is -0.254. The van der Waals surface area contributed by atoms with E-state index in [1.54, 1.807) is 0 Å². The molecule has 4 nitrogen and oxygen atoms in total. The smallest absolute Gasteiger partial charge is 0.310 e. The molecule has 1 aromatic rings. The van der Waals surface area contributed by atoms with Crippen molar-refractivity contribution in [3.05, 3.63) is 29.8 Å². The topological polar surface area (TPSA) is 44.8 Å². The summed E-state index contributed by atoms with van der Waals surface area (Å²) in [5.41, 5.74) is 0.864. The normalized spacial score (nSPS) is 18.6. The van der Waals surface area contributed by atoms with E-state index < -0.39 is 0 Å². The standard InChI is InChI=1S/C14H18O4/c1-16-14(15)8-12-4-2-3-5-13(12)18-10-11-6-7-17-9-11/h2-5,11H,6-10H2,1H3. The third-order valence-electron chi connectivity index (χ3n) is 3.03. The Balaban J connectivity index is 1.95. The lowest BCUT2D eigenvalue weighted by Crippen LogP contribution is -2.13. The van der Waals surface area contributed by atoms with Crippen molar-refractivity contribution < 1.29 is 19.0 Å². The number of methoxy groups -OCH3 is 1. The molecule has 0 bridgehead atoms. The first-order valence-corrected chi connectivity index (χ1v) is 6.15. The van der Waals surface area contributed by atoms with Gasteiger partial charge < -0.3 is 14.2 Å². The second-order valence-electron chi connectivity index (χ2n) is 4.40. The number of hydrogen-bond acceptors (Lipinski definition) is 4. The zero-order chi connectivity index (χ0) is 12.8. The fourth-order valence-electron chi connectivity index (χ4n) is 1.94. The molecule has 0 amide bonds. The number of carbonyl (C=O) groups excluding carboxylic acids is 1. The van der Waals surface area contributed by atoms with E-state index >= 15 is 0 Å². The molecule has 1 aliphatic rings. The molecule has 2 rings (SSSR count). The van der Waals surface area contributed by atoms with Crippen molar-refractivity contribution >= 4 is 5.97 Å². The fraction of sp³-hybridized carbons (Fsp3) is 0.500. The molecule has 0 saturated carbocycles. The van der Waals surface area contributed by atoms with E-state index in [0.29, 0.717) is 12.5 Å². The van der Waals surface area contributed by atoms with Gasteiger partial charge in [-0.25, -0.2) is 0 Å². The summed E-state index contributed by atoms with van der Waals surface area (Å²) in [5, 5.41) is 0. The fourth-order valence-corrected chi connectivity index (χ4v) is 1.94. The van der Waals surface area contributed by atoms with E-state index in [1.807, 2.05) is 24.3 Å². The molecule has 0 radical (unpaired) electrons. The molecule has 1 atom stereocenters. The molecule has 1 aromatic carbocycles. The van der Waals surface area contributed by atoms with Crippen LogP contribution in [0.4, 0.5) is 0 Å². The van der Waals surface area contributed by atoms with Crippen molar-refractivity contribution in [3.63, 3.8) is 0 Å². The van der Waals surface area contributed by atoms with Crippen LogP contribution in [-0.4, -0.2) is 32.9 Å². The summed E-state index contributed by atoms with van der Waals surface area (Å²) >= 11 is 0. The quantitative estimate of drug-likeness (QED) is 0.748. The van der Waals surface area contributed by atoms with E-state index in [4.69, 9.17) is 9.47 Å². The molecule has 18 heavy (non-hydrogen) atoms. The Kier molecular flexibility index (Phi) is 4.59. The Bertz CT molecular complexity index is 397. The van der Waals surface area contributed by atoms with Crippen LogP contribution in [0.2, 0.25) is 0 Å². The van der Waals surface area contributed by atoms with Crippen LogP contribution in [0.3, 0.4) is 0 Å². The Labute approximate surface area is 107 Å². The van der Waals surface area contributed by atoms with Gasteiger partial charge in [0.25, 0.3) is 0 Å². The highest BCUT2D eigenvalue weighted by atomic mass is 16.5. The first-order chi connectivity index (χ1) is 8.79. The summed E-state index contributed by atoms with van der Waals surface area (Å²) < 4.78 is 15.8. The van der Waals surface area contributed by atoms with Gasteiger partial charge in [0.2, 0.25) is 0 Å². The second kappa shape index (κ2) is 6.40. The third-order valence-corrected chi connectivity index (χ3v) is 3.03. The monoisotopic (exact) mass is 250 g/mol. The van der Waals surface area contributed by atoms with Crippen LogP contribution >= 0.6 is 0 Å². The number of hydrogen-bond donors (Lipinski definition) is 0. The third kappa shape index (κ3) is 3.47. The van der Waals surface area contributed by atoms with Gasteiger partial charge >= 0.3 is 5.97 Å². The molecule has 0 spiro atoms. The minimum absolute atomic E-state index is 0.244. The molecule has 98 valence electrons. The predicted octanol–water partition coefficient (Wildman–Crippen LogP) is 1.82. The first kappa shape index (κ1) is 12.9. The minimum Gasteiger partial charge on any atom is -0.493 e. The summed E-state index contributed by atoms with van der Waals surface area (Å²) in [6.07, 6.45) is 1.28. The molecule has 0 N–H and O–H groups in total. The van der Waals surface area contributed by atoms with Gasteiger partial charge in [0.05, 0.1) is 26.7 Å². The number of para-hydroxylation sites is 1. The van der Waals surface area contributed by atoms with E-state index in [-0.39, 0.29) is 12.4 Å². The highest BCUT2D eigenvalue weighted by Gasteiger charge is 2.17. The lowest BCUT2D eigenvalue weighted by molar-refractivity contribution is -0.139. The maximum Gasteiger partial charge on any atom is 0.310 e. The molecule has 1 unspecified atom stereocenters. The molecule has 1 aliphatic heterocycles. The SMILES string of the molecule is COC(=O)Cc1ccccc1OCC1CCOC1. The van der Waals surface area contributed by atoms with Gasteiger partial charge in [-0.3, -0.25) is 4.79 Å². The van der Waals surface area contributed by atoms with Gasteiger partial charge in [-0.05, 0) is 12.5 Å². The van der Waals surface area contributed by atoms with Crippen LogP contribution in [0.1, 0.15) is 12.0 Å². The molecular weight excluding hydrogens is 232 g/mol. The summed E-state index contributed by atoms with van der Waals surface area (Å²) in [6, 6.07) is 7.57. The Morgan fingerprint density at radius 3 is 3.00 bits per heavy atom. The lowest BCUT2D eigenvalue weighted by atomic mass is 10.1. The molecule has 0 aromatic heterocycles. The van der Waals surface area contributed by atoms with E-state index in [9.17, 15) is 4.79 Å². The van der Waals surface area contributed by atoms with Crippen LogP contribution in [0, 0.1) is 5.92 Å². The number of carbonyl (C=O) groups is 1. The molecule has 0 aliphatic carbocycles. The van der Waals surface area contributed by atoms with Gasteiger partial charge in [0.15, 0.2) is 0 Å². The van der Waals surface area contributed by atoms with Crippen LogP contribution in [0.25, 0.3) is 0 Å². The van der Waals surface area contributed by atoms with Gasteiger partial charge in [0, 0.05) is 18.1 Å². The van der Waals surface area contributed by atoms with Crippen molar-refractivity contribution in [1.29, 1.82) is 0 Å². The largest absolute Gasteiger partial charge is 0.493 e. The van der Waals surface area contributed by atoms with Crippen molar-refractivity contribution in [2.45, 2.75) is 12.8 Å². The number of esters is 1. The Morgan fingerprint density at radius 2 is 2.28 bits per heavy atom. The second-order valence-corrected chi connectivity index (χ2v) is 4.40. The van der Waals surface area contributed by atoms with Crippen molar-refractivity contribution in [1.82, 2.24) is 0 Å². The Hall–Kier alpha value is -1.55. The van der Waals surface area contributed by atoms with E-state index in [0.717, 1.165) is 30.9 Å². The summed E-state index contributed by atoms with van der Waals surface area (Å²) in [4.78, 5) is 11.3.